The number of allylic oxidation sites excluding steroid dienone is 3. The fourth-order valence-electron chi connectivity index (χ4n) is 4.85. The van der Waals surface area contributed by atoms with Crippen LogP contribution < -0.4 is 0 Å². The highest BCUT2D eigenvalue weighted by atomic mass is 16.1. The van der Waals surface area contributed by atoms with Crippen molar-refractivity contribution < 1.29 is 4.79 Å². The Labute approximate surface area is 256 Å². The van der Waals surface area contributed by atoms with Gasteiger partial charge in [-0.05, 0) is 120 Å². The van der Waals surface area contributed by atoms with Crippen LogP contribution in [0.5, 0.6) is 0 Å². The van der Waals surface area contributed by atoms with Crippen molar-refractivity contribution in [1.29, 1.82) is 0 Å². The van der Waals surface area contributed by atoms with Crippen LogP contribution in [0.4, 0.5) is 0 Å². The Morgan fingerprint density at radius 3 is 0.907 bits per heavy atom. The molecule has 0 heterocycles. The Hall–Kier alpha value is -5.33. The van der Waals surface area contributed by atoms with E-state index in [2.05, 4.69) is 106 Å². The van der Waals surface area contributed by atoms with E-state index < -0.39 is 0 Å². The van der Waals surface area contributed by atoms with E-state index in [4.69, 9.17) is 6.42 Å². The predicted molar refractivity (Wildman–Crippen MR) is 184 cm³/mol. The molecular weight excluding hydrogens is 520 g/mol. The largest absolute Gasteiger partial charge is 0.298 e. The number of hydrogen-bond acceptors (Lipinski definition) is 1. The summed E-state index contributed by atoms with van der Waals surface area (Å²) in [5.41, 5.74) is 25.3. The van der Waals surface area contributed by atoms with Crippen molar-refractivity contribution >= 4 is 39.7 Å². The van der Waals surface area contributed by atoms with E-state index in [1.807, 2.05) is 55.5 Å². The maximum absolute atomic E-state index is 10.9. The Bertz CT molecular complexity index is 1880. The van der Waals surface area contributed by atoms with Crippen molar-refractivity contribution in [3.05, 3.63) is 159 Å². The maximum Gasteiger partial charge on any atom is 0.150 e. The number of aldehydes is 1. The molecule has 0 amide bonds. The highest BCUT2D eigenvalue weighted by Gasteiger charge is 2.03. The lowest BCUT2D eigenvalue weighted by molar-refractivity contribution is 0.112. The van der Waals surface area contributed by atoms with Gasteiger partial charge in [-0.3, -0.25) is 4.79 Å². The zero-order valence-electron chi connectivity index (χ0n) is 25.8. The van der Waals surface area contributed by atoms with E-state index in [-0.39, 0.29) is 0 Å². The smallest absolute Gasteiger partial charge is 0.150 e. The normalized spacial score (nSPS) is 9.88. The second-order valence-electron chi connectivity index (χ2n) is 10.7. The average Bonchev–Trinajstić information content (AvgIpc) is 3.04. The molecule has 43 heavy (non-hydrogen) atoms. The van der Waals surface area contributed by atoms with Gasteiger partial charge >= 0.3 is 0 Å². The van der Waals surface area contributed by atoms with Crippen LogP contribution in [0.3, 0.4) is 0 Å². The molecule has 0 atom stereocenters. The van der Waals surface area contributed by atoms with Crippen LogP contribution in [0, 0.1) is 12.3 Å². The highest BCUT2D eigenvalue weighted by Crippen LogP contribution is 2.24. The Kier molecular flexibility index (Phi) is 9.99. The van der Waals surface area contributed by atoms with E-state index >= 15 is 0 Å². The summed E-state index contributed by atoms with van der Waals surface area (Å²) in [6.45, 7) is 12.5. The molecule has 210 valence electrons. The Balaban J connectivity index is 1.53. The van der Waals surface area contributed by atoms with E-state index in [1.54, 1.807) is 0 Å². The van der Waals surface area contributed by atoms with Crippen LogP contribution >= 0.6 is 0 Å². The molecule has 0 fully saturated rings. The van der Waals surface area contributed by atoms with E-state index in [1.165, 1.54) is 0 Å². The van der Waals surface area contributed by atoms with Gasteiger partial charge in [-0.25, -0.2) is 0 Å². The van der Waals surface area contributed by atoms with E-state index in [0.29, 0.717) is 5.56 Å². The third-order valence-electron chi connectivity index (χ3n) is 7.59. The molecule has 0 aromatic heterocycles. The molecule has 0 aliphatic heterocycles. The topological polar surface area (TPSA) is 17.1 Å². The fourth-order valence-corrected chi connectivity index (χ4v) is 4.85. The Morgan fingerprint density at radius 1 is 0.442 bits per heavy atom. The molecule has 0 aliphatic carbocycles. The molecular formula is C42H36O. The molecule has 0 saturated heterocycles. The number of carbonyl (C=O) groups excluding carboxylic acids is 1. The van der Waals surface area contributed by atoms with E-state index in [9.17, 15) is 4.79 Å². The first-order chi connectivity index (χ1) is 20.7. The van der Waals surface area contributed by atoms with Crippen molar-refractivity contribution in [2.45, 2.75) is 41.5 Å². The third kappa shape index (κ3) is 7.91. The van der Waals surface area contributed by atoms with Gasteiger partial charge in [0.15, 0.2) is 0 Å². The van der Waals surface area contributed by atoms with Gasteiger partial charge in [0.25, 0.3) is 0 Å². The lowest BCUT2D eigenvalue weighted by atomic mass is 9.99. The molecule has 0 bridgehead atoms. The van der Waals surface area contributed by atoms with Gasteiger partial charge in [0.05, 0.1) is 0 Å². The zero-order chi connectivity index (χ0) is 30.9. The predicted octanol–water partition coefficient (Wildman–Crippen LogP) is 10.8. The summed E-state index contributed by atoms with van der Waals surface area (Å²) in [5.74, 6) is 2.66. The van der Waals surface area contributed by atoms with Crippen molar-refractivity contribution in [2.75, 3.05) is 0 Å². The molecule has 0 N–H and O–H groups in total. The SMILES string of the molecule is C#Cc1ccc(C(C)=C=C(C)c2ccc(C(C)=C=C(C)c3ccc(C(C)=C=C(C)c4ccc(C=O)cc4)cc3)cc2)cc1. The quantitative estimate of drug-likeness (QED) is 0.126. The number of terminal acetylenes is 1. The number of benzene rings is 4. The average molecular weight is 557 g/mol. The summed E-state index contributed by atoms with van der Waals surface area (Å²) < 4.78 is 0. The Morgan fingerprint density at radius 2 is 0.674 bits per heavy atom. The molecule has 4 aromatic carbocycles. The highest BCUT2D eigenvalue weighted by molar-refractivity contribution is 5.79. The fraction of sp³-hybridized carbons (Fsp3) is 0.143. The summed E-state index contributed by atoms with van der Waals surface area (Å²) in [5, 5.41) is 0. The molecule has 0 unspecified atom stereocenters. The lowest BCUT2D eigenvalue weighted by Crippen LogP contribution is -1.85. The second-order valence-corrected chi connectivity index (χ2v) is 10.7. The minimum Gasteiger partial charge on any atom is -0.298 e. The molecule has 4 aromatic rings. The van der Waals surface area contributed by atoms with Crippen molar-refractivity contribution in [3.63, 3.8) is 0 Å². The molecule has 0 aliphatic rings. The zero-order valence-corrected chi connectivity index (χ0v) is 25.8. The van der Waals surface area contributed by atoms with E-state index in [0.717, 1.165) is 78.7 Å². The van der Waals surface area contributed by atoms with Crippen molar-refractivity contribution in [3.8, 4) is 12.3 Å². The van der Waals surface area contributed by atoms with Crippen molar-refractivity contribution in [2.24, 2.45) is 0 Å². The van der Waals surface area contributed by atoms with Gasteiger partial charge in [-0.2, -0.15) is 0 Å². The van der Waals surface area contributed by atoms with Crippen LogP contribution in [-0.2, 0) is 0 Å². The van der Waals surface area contributed by atoms with Gasteiger partial charge in [0.2, 0.25) is 0 Å². The monoisotopic (exact) mass is 556 g/mol. The van der Waals surface area contributed by atoms with Crippen LogP contribution in [-0.4, -0.2) is 6.29 Å². The van der Waals surface area contributed by atoms with Gasteiger partial charge in [0, 0.05) is 11.1 Å². The number of carbonyl (C=O) groups is 1. The molecule has 0 radical (unpaired) electrons. The van der Waals surface area contributed by atoms with Crippen molar-refractivity contribution in [1.82, 2.24) is 0 Å². The molecule has 0 spiro atoms. The minimum absolute atomic E-state index is 0.674. The maximum atomic E-state index is 10.9. The van der Waals surface area contributed by atoms with Gasteiger partial charge in [-0.1, -0.05) is 90.8 Å². The minimum atomic E-state index is 0.674. The summed E-state index contributed by atoms with van der Waals surface area (Å²) >= 11 is 0. The van der Waals surface area contributed by atoms with Gasteiger partial charge < -0.3 is 0 Å². The molecule has 0 saturated carbocycles. The molecule has 1 heteroatoms. The first kappa shape index (κ1) is 30.6. The van der Waals surface area contributed by atoms with Crippen LogP contribution in [0.2, 0.25) is 0 Å². The summed E-state index contributed by atoms with van der Waals surface area (Å²) in [6, 6.07) is 32.7. The van der Waals surface area contributed by atoms with Gasteiger partial charge in [-0.15, -0.1) is 23.6 Å². The van der Waals surface area contributed by atoms with Gasteiger partial charge in [0.1, 0.15) is 6.29 Å². The number of hydrogen-bond donors (Lipinski definition) is 0. The lowest BCUT2D eigenvalue weighted by Gasteiger charge is -2.06. The standard InChI is InChI=1S/C42H36O/c1-8-35-9-13-37(14-10-35)29(2)25-31(4)39-17-21-41(22-18-39)33(6)27-34(7)42-23-19-40(20-24-42)32(5)26-30(3)38-15-11-36(28-43)12-16-38/h1,9-24,28H,2-7H3. The number of rotatable bonds is 7. The first-order valence-electron chi connectivity index (χ1n) is 14.3. The third-order valence-corrected chi connectivity index (χ3v) is 7.59. The summed E-state index contributed by atoms with van der Waals surface area (Å²) in [6.07, 6.45) is 6.34. The van der Waals surface area contributed by atoms with Crippen LogP contribution in [0.25, 0.3) is 33.4 Å². The molecule has 4 rings (SSSR count). The molecule has 1 nitrogen and oxygen atoms in total. The van der Waals surface area contributed by atoms with Crippen LogP contribution in [0.1, 0.15) is 90.8 Å². The first-order valence-corrected chi connectivity index (χ1v) is 14.3. The second kappa shape index (κ2) is 14.0. The summed E-state index contributed by atoms with van der Waals surface area (Å²) in [7, 11) is 0. The van der Waals surface area contributed by atoms with Crippen LogP contribution in [0.15, 0.2) is 114 Å². The summed E-state index contributed by atoms with van der Waals surface area (Å²) in [4.78, 5) is 10.9.